The maximum absolute atomic E-state index is 12.0. The molecule has 1 aliphatic carbocycles. The third kappa shape index (κ3) is 4.27. The lowest BCUT2D eigenvalue weighted by Crippen LogP contribution is -2.19. The Morgan fingerprint density at radius 1 is 1.16 bits per heavy atom. The Morgan fingerprint density at radius 3 is 2.44 bits per heavy atom. The molecular weight excluding hydrogens is 402 g/mol. The van der Waals surface area contributed by atoms with Gasteiger partial charge in [0.25, 0.3) is 0 Å². The molecule has 0 saturated heterocycles. The Labute approximate surface area is 190 Å². The lowest BCUT2D eigenvalue weighted by molar-refractivity contribution is 0.130. The SMILES string of the molecule is CCOc1ccc2c(N(C)C)c(-c3ccc(NC(=O)OC(C)C)cc3)n(C3CCC3)c2c1. The fourth-order valence-electron chi connectivity index (χ4n) is 4.36. The molecule has 0 spiro atoms. The summed E-state index contributed by atoms with van der Waals surface area (Å²) in [6.07, 6.45) is 3.03. The number of carbonyl (C=O) groups is 1. The van der Waals surface area contributed by atoms with Gasteiger partial charge < -0.3 is 18.9 Å². The molecular formula is C26H33N3O3. The second-order valence-corrected chi connectivity index (χ2v) is 8.81. The quantitative estimate of drug-likeness (QED) is 0.463. The molecule has 1 amide bonds. The number of anilines is 2. The number of ether oxygens (including phenoxy) is 2. The predicted molar refractivity (Wildman–Crippen MR) is 131 cm³/mol. The Kier molecular flexibility index (Phi) is 6.31. The number of rotatable bonds is 7. The van der Waals surface area contributed by atoms with Crippen LogP contribution < -0.4 is 15.0 Å². The molecule has 1 heterocycles. The van der Waals surface area contributed by atoms with E-state index in [0.717, 1.165) is 17.0 Å². The maximum Gasteiger partial charge on any atom is 0.411 e. The van der Waals surface area contributed by atoms with Crippen LogP contribution in [0.5, 0.6) is 5.75 Å². The molecule has 2 aromatic carbocycles. The van der Waals surface area contributed by atoms with E-state index in [4.69, 9.17) is 9.47 Å². The molecule has 6 heteroatoms. The van der Waals surface area contributed by atoms with Crippen molar-refractivity contribution in [3.63, 3.8) is 0 Å². The summed E-state index contributed by atoms with van der Waals surface area (Å²) in [6.45, 7) is 6.33. The number of amides is 1. The van der Waals surface area contributed by atoms with Gasteiger partial charge in [0, 0.05) is 42.8 Å². The summed E-state index contributed by atoms with van der Waals surface area (Å²) < 4.78 is 13.5. The van der Waals surface area contributed by atoms with Crippen LogP contribution in [0.4, 0.5) is 16.2 Å². The van der Waals surface area contributed by atoms with Gasteiger partial charge in [0.2, 0.25) is 0 Å². The van der Waals surface area contributed by atoms with Crippen molar-refractivity contribution in [2.75, 3.05) is 30.9 Å². The molecule has 1 saturated carbocycles. The fraction of sp³-hybridized carbons (Fsp3) is 0.423. The number of fused-ring (bicyclic) bond motifs is 1. The number of nitrogens with zero attached hydrogens (tertiary/aromatic N) is 2. The molecule has 1 N–H and O–H groups in total. The van der Waals surface area contributed by atoms with E-state index in [1.165, 1.54) is 41.5 Å². The average molecular weight is 436 g/mol. The molecule has 0 bridgehead atoms. The Morgan fingerprint density at radius 2 is 1.88 bits per heavy atom. The zero-order valence-corrected chi connectivity index (χ0v) is 19.6. The minimum atomic E-state index is -0.436. The van der Waals surface area contributed by atoms with Crippen molar-refractivity contribution in [2.45, 2.75) is 52.2 Å². The molecule has 4 rings (SSSR count). The number of benzene rings is 2. The second-order valence-electron chi connectivity index (χ2n) is 8.81. The first-order valence-corrected chi connectivity index (χ1v) is 11.4. The fourth-order valence-corrected chi connectivity index (χ4v) is 4.36. The molecule has 170 valence electrons. The van der Waals surface area contributed by atoms with Crippen molar-refractivity contribution in [1.29, 1.82) is 0 Å². The van der Waals surface area contributed by atoms with Crippen LogP contribution in [0.15, 0.2) is 42.5 Å². The largest absolute Gasteiger partial charge is 0.494 e. The van der Waals surface area contributed by atoms with Gasteiger partial charge in [0.15, 0.2) is 0 Å². The molecule has 0 aliphatic heterocycles. The van der Waals surface area contributed by atoms with Gasteiger partial charge in [-0.15, -0.1) is 0 Å². The van der Waals surface area contributed by atoms with Crippen LogP contribution in [0.25, 0.3) is 22.2 Å². The lowest BCUT2D eigenvalue weighted by atomic mass is 9.92. The van der Waals surface area contributed by atoms with E-state index in [9.17, 15) is 4.79 Å². The number of aromatic nitrogens is 1. The van der Waals surface area contributed by atoms with Crippen LogP contribution in [0.3, 0.4) is 0 Å². The van der Waals surface area contributed by atoms with E-state index in [1.807, 2.05) is 32.9 Å². The summed E-state index contributed by atoms with van der Waals surface area (Å²) >= 11 is 0. The van der Waals surface area contributed by atoms with Crippen molar-refractivity contribution < 1.29 is 14.3 Å². The average Bonchev–Trinajstić information content (AvgIpc) is 3.01. The molecule has 0 radical (unpaired) electrons. The molecule has 0 unspecified atom stereocenters. The van der Waals surface area contributed by atoms with Crippen molar-refractivity contribution in [3.8, 4) is 17.0 Å². The van der Waals surface area contributed by atoms with E-state index >= 15 is 0 Å². The minimum Gasteiger partial charge on any atom is -0.494 e. The molecule has 1 fully saturated rings. The van der Waals surface area contributed by atoms with Crippen LogP contribution in [0.2, 0.25) is 0 Å². The second kappa shape index (κ2) is 9.15. The third-order valence-corrected chi connectivity index (χ3v) is 5.89. The van der Waals surface area contributed by atoms with E-state index in [0.29, 0.717) is 12.6 Å². The molecule has 6 nitrogen and oxygen atoms in total. The summed E-state index contributed by atoms with van der Waals surface area (Å²) in [4.78, 5) is 14.2. The summed E-state index contributed by atoms with van der Waals surface area (Å²) in [7, 11) is 4.19. The van der Waals surface area contributed by atoms with Crippen LogP contribution in [0, 0.1) is 0 Å². The number of hydrogen-bond acceptors (Lipinski definition) is 4. The van der Waals surface area contributed by atoms with Gasteiger partial charge in [0.05, 0.1) is 29.6 Å². The standard InChI is InChI=1S/C26H33N3O3/c1-6-31-21-14-15-22-23(16-21)29(20-8-7-9-20)24(25(22)28(4)5)18-10-12-19(13-11-18)27-26(30)32-17(2)3/h10-17,20H,6-9H2,1-5H3,(H,27,30). The van der Waals surface area contributed by atoms with Gasteiger partial charge in [-0.05, 0) is 64.3 Å². The first kappa shape index (κ1) is 22.1. The maximum atomic E-state index is 12.0. The van der Waals surface area contributed by atoms with Crippen LogP contribution in [-0.2, 0) is 4.74 Å². The number of carbonyl (C=O) groups excluding carboxylic acids is 1. The van der Waals surface area contributed by atoms with Crippen molar-refractivity contribution in [3.05, 3.63) is 42.5 Å². The van der Waals surface area contributed by atoms with Crippen LogP contribution in [-0.4, -0.2) is 37.5 Å². The summed E-state index contributed by atoms with van der Waals surface area (Å²) in [5.74, 6) is 0.901. The number of nitrogens with one attached hydrogen (secondary N) is 1. The summed E-state index contributed by atoms with van der Waals surface area (Å²) in [6, 6.07) is 14.9. The van der Waals surface area contributed by atoms with Crippen LogP contribution in [0.1, 0.15) is 46.1 Å². The molecule has 1 aliphatic rings. The highest BCUT2D eigenvalue weighted by atomic mass is 16.6. The highest BCUT2D eigenvalue weighted by Gasteiger charge is 2.28. The minimum absolute atomic E-state index is 0.156. The van der Waals surface area contributed by atoms with E-state index in [-0.39, 0.29) is 6.10 Å². The van der Waals surface area contributed by atoms with E-state index in [1.54, 1.807) is 0 Å². The third-order valence-electron chi connectivity index (χ3n) is 5.89. The Hall–Kier alpha value is -3.15. The van der Waals surface area contributed by atoms with E-state index < -0.39 is 6.09 Å². The zero-order valence-electron chi connectivity index (χ0n) is 19.6. The Balaban J connectivity index is 1.80. The van der Waals surface area contributed by atoms with Crippen LogP contribution >= 0.6 is 0 Å². The zero-order chi connectivity index (χ0) is 22.8. The van der Waals surface area contributed by atoms with Crippen molar-refractivity contribution in [1.82, 2.24) is 4.57 Å². The lowest BCUT2D eigenvalue weighted by Gasteiger charge is -2.30. The van der Waals surface area contributed by atoms with Crippen molar-refractivity contribution in [2.24, 2.45) is 0 Å². The first-order chi connectivity index (χ1) is 15.4. The van der Waals surface area contributed by atoms with Gasteiger partial charge >= 0.3 is 6.09 Å². The summed E-state index contributed by atoms with van der Waals surface area (Å²) in [5.41, 5.74) is 5.46. The molecule has 32 heavy (non-hydrogen) atoms. The van der Waals surface area contributed by atoms with Gasteiger partial charge in [-0.1, -0.05) is 12.1 Å². The van der Waals surface area contributed by atoms with Gasteiger partial charge in [0.1, 0.15) is 5.75 Å². The van der Waals surface area contributed by atoms with E-state index in [2.05, 4.69) is 59.2 Å². The normalized spacial score (nSPS) is 13.8. The molecule has 0 atom stereocenters. The highest BCUT2D eigenvalue weighted by molar-refractivity contribution is 6.03. The number of hydrogen-bond donors (Lipinski definition) is 1. The topological polar surface area (TPSA) is 55.7 Å². The highest BCUT2D eigenvalue weighted by Crippen LogP contribution is 2.47. The van der Waals surface area contributed by atoms with Gasteiger partial charge in [-0.25, -0.2) is 4.79 Å². The molecule has 3 aromatic rings. The summed E-state index contributed by atoms with van der Waals surface area (Å²) in [5, 5.41) is 4.03. The molecule has 1 aromatic heterocycles. The monoisotopic (exact) mass is 435 g/mol. The Bertz CT molecular complexity index is 1100. The van der Waals surface area contributed by atoms with Gasteiger partial charge in [-0.2, -0.15) is 0 Å². The first-order valence-electron chi connectivity index (χ1n) is 11.4. The van der Waals surface area contributed by atoms with Gasteiger partial charge in [-0.3, -0.25) is 5.32 Å². The van der Waals surface area contributed by atoms with Crippen molar-refractivity contribution >= 4 is 28.4 Å². The smallest absolute Gasteiger partial charge is 0.411 e. The predicted octanol–water partition coefficient (Wildman–Crippen LogP) is 6.45.